The third-order valence-electron chi connectivity index (χ3n) is 7.61. The number of benzene rings is 1. The van der Waals surface area contributed by atoms with Gasteiger partial charge in [0.1, 0.15) is 23.2 Å². The van der Waals surface area contributed by atoms with Gasteiger partial charge in [-0.25, -0.2) is 9.18 Å². The molecule has 0 N–H and O–H groups in total. The lowest BCUT2D eigenvalue weighted by Gasteiger charge is -2.35. The molecule has 2 aliphatic heterocycles. The van der Waals surface area contributed by atoms with Crippen molar-refractivity contribution in [2.24, 2.45) is 11.8 Å². The van der Waals surface area contributed by atoms with Gasteiger partial charge in [0, 0.05) is 55.2 Å². The van der Waals surface area contributed by atoms with Crippen LogP contribution in [0.5, 0.6) is 5.75 Å². The fourth-order valence-corrected chi connectivity index (χ4v) is 5.21. The number of hydrogen-bond acceptors (Lipinski definition) is 7. The highest BCUT2D eigenvalue weighted by Crippen LogP contribution is 2.27. The number of ether oxygens (including phenoxy) is 2. The van der Waals surface area contributed by atoms with Crippen LogP contribution in [0.25, 0.3) is 0 Å². The van der Waals surface area contributed by atoms with Gasteiger partial charge in [-0.05, 0) is 76.4 Å². The lowest BCUT2D eigenvalue weighted by molar-refractivity contribution is 0.00516. The van der Waals surface area contributed by atoms with E-state index in [0.29, 0.717) is 55.8 Å². The molecular weight excluding hydrogens is 529 g/mol. The maximum atomic E-state index is 14.9. The molecule has 2 atom stereocenters. The first-order valence-corrected chi connectivity index (χ1v) is 14.0. The summed E-state index contributed by atoms with van der Waals surface area (Å²) in [6.07, 6.45) is 0.935. The van der Waals surface area contributed by atoms with E-state index in [1.807, 2.05) is 0 Å². The number of likely N-dealkylation sites (tertiary alicyclic amines) is 2. The predicted octanol–water partition coefficient (Wildman–Crippen LogP) is 4.99. The molecule has 1 aromatic heterocycles. The van der Waals surface area contributed by atoms with Gasteiger partial charge in [0.05, 0.1) is 13.7 Å². The highest BCUT2D eigenvalue weighted by Gasteiger charge is 2.35. The van der Waals surface area contributed by atoms with Crippen LogP contribution in [0.4, 0.5) is 9.18 Å². The van der Waals surface area contributed by atoms with Crippen LogP contribution in [-0.4, -0.2) is 83.4 Å². The second kappa shape index (κ2) is 12.8. The molecule has 4 rings (SSSR count). The molecule has 2 amide bonds. The van der Waals surface area contributed by atoms with E-state index in [-0.39, 0.29) is 42.1 Å². The molecule has 2 aliphatic rings. The second-order valence-electron chi connectivity index (χ2n) is 11.7. The average molecular weight is 568 g/mol. The minimum atomic E-state index is -1.34. The minimum Gasteiger partial charge on any atom is -0.497 e. The fourth-order valence-electron chi connectivity index (χ4n) is 5.21. The molecule has 2 unspecified atom stereocenters. The Bertz CT molecular complexity index is 1250. The summed E-state index contributed by atoms with van der Waals surface area (Å²) in [5.74, 6) is -0.424. The molecule has 41 heavy (non-hydrogen) atoms. The topological polar surface area (TPSA) is 106 Å². The standard InChI is InChI=1S/C31H38FN3O6/c1-31(2,3)41-30(39)35-16-13-22(25(32)19-35)17-27(36)23-7-10-26(33-18-23)29(38)34-14-11-21(12-15-34)28(37)20-5-8-24(40-4)9-6-20/h5-10,18,21-22,25H,11-17,19H2,1-4H3. The first-order valence-electron chi connectivity index (χ1n) is 14.0. The Labute approximate surface area is 240 Å². The summed E-state index contributed by atoms with van der Waals surface area (Å²) in [6.45, 7) is 6.35. The van der Waals surface area contributed by atoms with Crippen molar-refractivity contribution in [1.82, 2.24) is 14.8 Å². The van der Waals surface area contributed by atoms with Crippen molar-refractivity contribution in [2.75, 3.05) is 33.3 Å². The summed E-state index contributed by atoms with van der Waals surface area (Å²) in [5.41, 5.74) is 0.497. The number of carbonyl (C=O) groups excluding carboxylic acids is 4. The Morgan fingerprint density at radius 3 is 2.12 bits per heavy atom. The van der Waals surface area contributed by atoms with Crippen LogP contribution in [0.2, 0.25) is 0 Å². The van der Waals surface area contributed by atoms with Gasteiger partial charge < -0.3 is 19.3 Å². The largest absolute Gasteiger partial charge is 0.497 e. The fraction of sp³-hybridized carbons (Fsp3) is 0.516. The molecule has 1 aromatic carbocycles. The van der Waals surface area contributed by atoms with Gasteiger partial charge in [0.2, 0.25) is 0 Å². The number of alkyl halides is 1. The van der Waals surface area contributed by atoms with E-state index in [4.69, 9.17) is 9.47 Å². The molecule has 2 saturated heterocycles. The number of nitrogens with zero attached hydrogens (tertiary/aromatic N) is 3. The molecular formula is C31H38FN3O6. The monoisotopic (exact) mass is 567 g/mol. The molecule has 0 radical (unpaired) electrons. The first kappa shape index (κ1) is 30.1. The molecule has 2 fully saturated rings. The third-order valence-corrected chi connectivity index (χ3v) is 7.61. The van der Waals surface area contributed by atoms with E-state index >= 15 is 0 Å². The molecule has 0 saturated carbocycles. The number of pyridine rings is 1. The van der Waals surface area contributed by atoms with Gasteiger partial charge >= 0.3 is 6.09 Å². The van der Waals surface area contributed by atoms with E-state index in [0.717, 1.165) is 0 Å². The van der Waals surface area contributed by atoms with E-state index in [9.17, 15) is 23.6 Å². The summed E-state index contributed by atoms with van der Waals surface area (Å²) in [6, 6.07) is 10.1. The Balaban J connectivity index is 1.26. The van der Waals surface area contributed by atoms with Crippen LogP contribution in [0, 0.1) is 11.8 Å². The van der Waals surface area contributed by atoms with Crippen molar-refractivity contribution in [2.45, 2.75) is 58.2 Å². The van der Waals surface area contributed by atoms with E-state index in [1.54, 1.807) is 63.1 Å². The first-order chi connectivity index (χ1) is 19.4. The van der Waals surface area contributed by atoms with Crippen LogP contribution in [0.1, 0.15) is 77.7 Å². The van der Waals surface area contributed by atoms with Crippen LogP contribution < -0.4 is 4.74 Å². The molecule has 2 aromatic rings. The van der Waals surface area contributed by atoms with Crippen molar-refractivity contribution >= 4 is 23.6 Å². The quantitative estimate of drug-likeness (QED) is 0.434. The minimum absolute atomic E-state index is 0.00592. The van der Waals surface area contributed by atoms with Crippen LogP contribution >= 0.6 is 0 Å². The highest BCUT2D eigenvalue weighted by atomic mass is 19.1. The van der Waals surface area contributed by atoms with Gasteiger partial charge in [-0.3, -0.25) is 19.4 Å². The van der Waals surface area contributed by atoms with Crippen LogP contribution in [0.3, 0.4) is 0 Å². The van der Waals surface area contributed by atoms with E-state index < -0.39 is 23.8 Å². The van der Waals surface area contributed by atoms with Crippen molar-refractivity contribution in [3.05, 3.63) is 59.4 Å². The molecule has 220 valence electrons. The zero-order chi connectivity index (χ0) is 29.7. The van der Waals surface area contributed by atoms with Gasteiger partial charge in [-0.1, -0.05) is 0 Å². The molecule has 0 spiro atoms. The lowest BCUT2D eigenvalue weighted by atomic mass is 9.88. The highest BCUT2D eigenvalue weighted by molar-refractivity contribution is 5.99. The SMILES string of the molecule is COc1ccc(C(=O)C2CCN(C(=O)c3ccc(C(=O)CC4CCN(C(=O)OC(C)(C)C)CC4F)cn3)CC2)cc1. The third kappa shape index (κ3) is 7.68. The van der Waals surface area contributed by atoms with Crippen molar-refractivity contribution in [3.8, 4) is 5.75 Å². The van der Waals surface area contributed by atoms with Crippen LogP contribution in [0.15, 0.2) is 42.6 Å². The van der Waals surface area contributed by atoms with E-state index in [2.05, 4.69) is 4.98 Å². The maximum absolute atomic E-state index is 14.9. The normalized spacial score (nSPS) is 19.9. The molecule has 10 heteroatoms. The number of Topliss-reactive ketones (excluding diaryl/α,β-unsaturated/α-hetero) is 2. The number of carbonyl (C=O) groups is 4. The Morgan fingerprint density at radius 2 is 1.56 bits per heavy atom. The Morgan fingerprint density at radius 1 is 0.927 bits per heavy atom. The molecule has 0 aliphatic carbocycles. The summed E-state index contributed by atoms with van der Waals surface area (Å²) in [4.78, 5) is 58.2. The summed E-state index contributed by atoms with van der Waals surface area (Å²) in [7, 11) is 1.57. The molecule has 3 heterocycles. The van der Waals surface area contributed by atoms with Gasteiger partial charge in [-0.2, -0.15) is 0 Å². The second-order valence-corrected chi connectivity index (χ2v) is 11.7. The van der Waals surface area contributed by atoms with Crippen molar-refractivity contribution in [3.63, 3.8) is 0 Å². The summed E-state index contributed by atoms with van der Waals surface area (Å²) < 4.78 is 25.3. The predicted molar refractivity (Wildman–Crippen MR) is 150 cm³/mol. The average Bonchev–Trinajstić information content (AvgIpc) is 2.96. The number of ketones is 2. The van der Waals surface area contributed by atoms with Crippen molar-refractivity contribution < 1.29 is 33.0 Å². The smallest absolute Gasteiger partial charge is 0.410 e. The van der Waals surface area contributed by atoms with Gasteiger partial charge in [-0.15, -0.1) is 0 Å². The van der Waals surface area contributed by atoms with E-state index in [1.165, 1.54) is 17.2 Å². The lowest BCUT2D eigenvalue weighted by Crippen LogP contribution is -2.47. The summed E-state index contributed by atoms with van der Waals surface area (Å²) in [5, 5.41) is 0. The summed E-state index contributed by atoms with van der Waals surface area (Å²) >= 11 is 0. The number of amides is 2. The Hall–Kier alpha value is -3.82. The Kier molecular flexibility index (Phi) is 9.40. The maximum Gasteiger partial charge on any atom is 0.410 e. The number of hydrogen-bond donors (Lipinski definition) is 0. The van der Waals surface area contributed by atoms with Gasteiger partial charge in [0.25, 0.3) is 5.91 Å². The zero-order valence-corrected chi connectivity index (χ0v) is 24.1. The number of methoxy groups -OCH3 is 1. The number of aromatic nitrogens is 1. The molecule has 0 bridgehead atoms. The van der Waals surface area contributed by atoms with Gasteiger partial charge in [0.15, 0.2) is 11.6 Å². The number of piperidine rings is 2. The van der Waals surface area contributed by atoms with Crippen molar-refractivity contribution in [1.29, 1.82) is 0 Å². The number of rotatable bonds is 7. The molecule has 9 nitrogen and oxygen atoms in total. The zero-order valence-electron chi connectivity index (χ0n) is 24.1. The number of halogens is 1. The van der Waals surface area contributed by atoms with Crippen LogP contribution in [-0.2, 0) is 4.74 Å².